The molecule has 2 aromatic rings. The van der Waals surface area contributed by atoms with Crippen LogP contribution in [0.4, 0.5) is 4.39 Å². The maximum Gasteiger partial charge on any atom is 0.142 e. The number of hydrogen-bond acceptors (Lipinski definition) is 3. The predicted molar refractivity (Wildman–Crippen MR) is 77.0 cm³/mol. The van der Waals surface area contributed by atoms with E-state index < -0.39 is 0 Å². The maximum absolute atomic E-state index is 13.5. The van der Waals surface area contributed by atoms with Gasteiger partial charge in [0.1, 0.15) is 18.2 Å². The molecule has 20 heavy (non-hydrogen) atoms. The summed E-state index contributed by atoms with van der Waals surface area (Å²) < 4.78 is 19.2. The zero-order valence-electron chi connectivity index (χ0n) is 11.6. The van der Waals surface area contributed by atoms with Crippen molar-refractivity contribution in [3.8, 4) is 5.75 Å². The number of nitrogens with zero attached hydrogens (tertiary/aromatic N) is 1. The van der Waals surface area contributed by atoms with Crippen LogP contribution in [0.15, 0.2) is 42.7 Å². The molecule has 0 bridgehead atoms. The van der Waals surface area contributed by atoms with Gasteiger partial charge in [-0.1, -0.05) is 25.1 Å². The van der Waals surface area contributed by atoms with Gasteiger partial charge in [-0.05, 0) is 25.1 Å². The van der Waals surface area contributed by atoms with E-state index in [4.69, 9.17) is 4.74 Å². The number of rotatable bonds is 7. The molecule has 0 saturated carbocycles. The third-order valence-corrected chi connectivity index (χ3v) is 2.95. The molecule has 0 atom stereocenters. The molecule has 0 unspecified atom stereocenters. The van der Waals surface area contributed by atoms with Crippen molar-refractivity contribution in [2.45, 2.75) is 26.5 Å². The van der Waals surface area contributed by atoms with E-state index in [1.54, 1.807) is 30.6 Å². The highest BCUT2D eigenvalue weighted by Crippen LogP contribution is 2.18. The van der Waals surface area contributed by atoms with E-state index in [-0.39, 0.29) is 12.4 Å². The number of nitrogens with one attached hydrogen (secondary N) is 1. The first-order chi connectivity index (χ1) is 9.81. The van der Waals surface area contributed by atoms with Gasteiger partial charge in [0.05, 0.1) is 6.20 Å². The topological polar surface area (TPSA) is 34.2 Å². The van der Waals surface area contributed by atoms with E-state index >= 15 is 0 Å². The maximum atomic E-state index is 13.5. The summed E-state index contributed by atoms with van der Waals surface area (Å²) in [6.07, 6.45) is 4.49. The Balaban J connectivity index is 2.00. The van der Waals surface area contributed by atoms with E-state index in [0.717, 1.165) is 25.1 Å². The summed E-state index contributed by atoms with van der Waals surface area (Å²) >= 11 is 0. The van der Waals surface area contributed by atoms with Crippen molar-refractivity contribution < 1.29 is 9.13 Å². The number of aromatic nitrogens is 1. The lowest BCUT2D eigenvalue weighted by atomic mass is 10.2. The van der Waals surface area contributed by atoms with Crippen LogP contribution in [-0.4, -0.2) is 11.5 Å². The van der Waals surface area contributed by atoms with Crippen molar-refractivity contribution in [1.29, 1.82) is 0 Å². The molecule has 106 valence electrons. The van der Waals surface area contributed by atoms with Gasteiger partial charge in [-0.15, -0.1) is 0 Å². The molecule has 4 heteroatoms. The molecule has 0 saturated heterocycles. The number of pyridine rings is 1. The number of ether oxygens (including phenoxy) is 1. The van der Waals surface area contributed by atoms with Gasteiger partial charge in [0.2, 0.25) is 0 Å². The van der Waals surface area contributed by atoms with Crippen molar-refractivity contribution in [3.63, 3.8) is 0 Å². The Morgan fingerprint density at radius 3 is 2.85 bits per heavy atom. The molecule has 1 aromatic heterocycles. The summed E-state index contributed by atoms with van der Waals surface area (Å²) in [4.78, 5) is 4.06. The fourth-order valence-electron chi connectivity index (χ4n) is 1.86. The molecule has 0 amide bonds. The van der Waals surface area contributed by atoms with Gasteiger partial charge in [-0.25, -0.2) is 4.39 Å². The van der Waals surface area contributed by atoms with Crippen LogP contribution in [0.1, 0.15) is 24.5 Å². The minimum absolute atomic E-state index is 0.207. The summed E-state index contributed by atoms with van der Waals surface area (Å²) in [7, 11) is 0. The highest BCUT2D eigenvalue weighted by Gasteiger charge is 2.06. The van der Waals surface area contributed by atoms with Gasteiger partial charge >= 0.3 is 0 Å². The van der Waals surface area contributed by atoms with Crippen LogP contribution >= 0.6 is 0 Å². The lowest BCUT2D eigenvalue weighted by Gasteiger charge is -2.11. The van der Waals surface area contributed by atoms with Crippen LogP contribution in [0, 0.1) is 5.82 Å². The van der Waals surface area contributed by atoms with Gasteiger partial charge in [0, 0.05) is 23.9 Å². The largest absolute Gasteiger partial charge is 0.487 e. The zero-order chi connectivity index (χ0) is 14.2. The van der Waals surface area contributed by atoms with Crippen molar-refractivity contribution >= 4 is 0 Å². The minimum atomic E-state index is -0.248. The molecule has 1 heterocycles. The van der Waals surface area contributed by atoms with Gasteiger partial charge in [-0.2, -0.15) is 0 Å². The van der Waals surface area contributed by atoms with E-state index in [0.29, 0.717) is 11.3 Å². The van der Waals surface area contributed by atoms with Crippen molar-refractivity contribution in [2.24, 2.45) is 0 Å². The zero-order valence-corrected chi connectivity index (χ0v) is 11.6. The highest BCUT2D eigenvalue weighted by molar-refractivity contribution is 5.30. The van der Waals surface area contributed by atoms with Crippen LogP contribution in [-0.2, 0) is 13.2 Å². The second-order valence-corrected chi connectivity index (χ2v) is 4.54. The third kappa shape index (κ3) is 4.03. The molecule has 0 spiro atoms. The molecule has 1 N–H and O–H groups in total. The Kier molecular flexibility index (Phi) is 5.50. The predicted octanol–water partition coefficient (Wildman–Crippen LogP) is 3.30. The van der Waals surface area contributed by atoms with Crippen molar-refractivity contribution in [2.75, 3.05) is 6.54 Å². The Bertz CT molecular complexity index is 546. The molecule has 0 radical (unpaired) electrons. The first-order valence-electron chi connectivity index (χ1n) is 6.81. The monoisotopic (exact) mass is 274 g/mol. The Morgan fingerprint density at radius 1 is 1.20 bits per heavy atom. The average Bonchev–Trinajstić information content (AvgIpc) is 2.48. The molecule has 0 aliphatic rings. The highest BCUT2D eigenvalue weighted by atomic mass is 19.1. The van der Waals surface area contributed by atoms with Crippen LogP contribution < -0.4 is 10.1 Å². The Labute approximate surface area is 118 Å². The lowest BCUT2D eigenvalue weighted by molar-refractivity contribution is 0.294. The van der Waals surface area contributed by atoms with Crippen LogP contribution in [0.2, 0.25) is 0 Å². The second kappa shape index (κ2) is 7.60. The Hall–Kier alpha value is -1.94. The summed E-state index contributed by atoms with van der Waals surface area (Å²) in [5.74, 6) is 0.446. The smallest absolute Gasteiger partial charge is 0.142 e. The summed E-state index contributed by atoms with van der Waals surface area (Å²) in [5.41, 5.74) is 1.58. The number of hydrogen-bond donors (Lipinski definition) is 1. The van der Waals surface area contributed by atoms with Gasteiger partial charge in [0.25, 0.3) is 0 Å². The fourth-order valence-corrected chi connectivity index (χ4v) is 1.86. The molecule has 0 aliphatic heterocycles. The van der Waals surface area contributed by atoms with Gasteiger partial charge in [-0.3, -0.25) is 4.98 Å². The molecular weight excluding hydrogens is 255 g/mol. The minimum Gasteiger partial charge on any atom is -0.487 e. The number of benzene rings is 1. The molecule has 0 fully saturated rings. The van der Waals surface area contributed by atoms with E-state index in [1.807, 2.05) is 6.07 Å². The fraction of sp³-hybridized carbons (Fsp3) is 0.312. The average molecular weight is 274 g/mol. The normalized spacial score (nSPS) is 10.5. The van der Waals surface area contributed by atoms with E-state index in [1.165, 1.54) is 6.07 Å². The molecule has 3 nitrogen and oxygen atoms in total. The standard InChI is InChI=1S/C16H19FN2O/c1-2-8-18-10-13-7-9-19-11-16(13)20-12-14-5-3-4-6-15(14)17/h3-7,9,11,18H,2,8,10,12H2,1H3. The first kappa shape index (κ1) is 14.5. The third-order valence-electron chi connectivity index (χ3n) is 2.95. The summed E-state index contributed by atoms with van der Waals surface area (Å²) in [6, 6.07) is 8.55. The van der Waals surface area contributed by atoms with Crippen molar-refractivity contribution in [3.05, 3.63) is 59.7 Å². The summed E-state index contributed by atoms with van der Waals surface area (Å²) in [6.45, 7) is 4.01. The molecular formula is C16H19FN2O. The van der Waals surface area contributed by atoms with E-state index in [9.17, 15) is 4.39 Å². The molecule has 0 aliphatic carbocycles. The SMILES string of the molecule is CCCNCc1ccncc1OCc1ccccc1F. The molecule has 2 rings (SSSR count). The van der Waals surface area contributed by atoms with Gasteiger partial charge in [0.15, 0.2) is 0 Å². The second-order valence-electron chi connectivity index (χ2n) is 4.54. The summed E-state index contributed by atoms with van der Waals surface area (Å²) in [5, 5.41) is 3.32. The lowest BCUT2D eigenvalue weighted by Crippen LogP contribution is -2.14. The first-order valence-corrected chi connectivity index (χ1v) is 6.81. The van der Waals surface area contributed by atoms with Crippen LogP contribution in [0.5, 0.6) is 5.75 Å². The van der Waals surface area contributed by atoms with Gasteiger partial charge < -0.3 is 10.1 Å². The molecule has 1 aromatic carbocycles. The van der Waals surface area contributed by atoms with E-state index in [2.05, 4.69) is 17.2 Å². The van der Waals surface area contributed by atoms with Crippen LogP contribution in [0.25, 0.3) is 0 Å². The Morgan fingerprint density at radius 2 is 2.05 bits per heavy atom. The van der Waals surface area contributed by atoms with Crippen LogP contribution in [0.3, 0.4) is 0 Å². The quantitative estimate of drug-likeness (QED) is 0.787. The number of halogens is 1. The van der Waals surface area contributed by atoms with Crippen molar-refractivity contribution in [1.82, 2.24) is 10.3 Å².